The average molecular weight is 573 g/mol. The molecule has 13 nitrogen and oxygen atoms in total. The third-order valence-electron chi connectivity index (χ3n) is 5.07. The van der Waals surface area contributed by atoms with E-state index in [1.165, 1.54) is 32.4 Å². The molecule has 1 aromatic rings. The van der Waals surface area contributed by atoms with Crippen LogP contribution in [0.1, 0.15) is 33.3 Å². The second-order valence-electron chi connectivity index (χ2n) is 8.08. The first-order valence-corrected chi connectivity index (χ1v) is 11.8. The number of benzene rings is 1. The van der Waals surface area contributed by atoms with E-state index < -0.39 is 66.4 Å². The Morgan fingerprint density at radius 3 is 1.79 bits per heavy atom. The molecule has 0 amide bonds. The van der Waals surface area contributed by atoms with Crippen LogP contribution in [0.3, 0.4) is 0 Å². The summed E-state index contributed by atoms with van der Waals surface area (Å²) in [5.74, 6) is -2.80. The topological polar surface area (TPSA) is 159 Å². The summed E-state index contributed by atoms with van der Waals surface area (Å²) in [4.78, 5) is 58.6. The summed E-state index contributed by atoms with van der Waals surface area (Å²) < 4.78 is 44.0. The van der Waals surface area contributed by atoms with E-state index in [9.17, 15) is 24.0 Å². The van der Waals surface area contributed by atoms with Gasteiger partial charge in [-0.3, -0.25) is 24.0 Å². The van der Waals surface area contributed by atoms with Crippen LogP contribution in [0.15, 0.2) is 18.2 Å². The van der Waals surface area contributed by atoms with Crippen LogP contribution in [-0.4, -0.2) is 80.7 Å². The van der Waals surface area contributed by atoms with E-state index in [-0.39, 0.29) is 17.2 Å². The fraction of sp³-hybridized carbons (Fsp3) is 0.480. The molecule has 0 unspecified atom stereocenters. The van der Waals surface area contributed by atoms with Crippen molar-refractivity contribution in [2.75, 3.05) is 20.8 Å². The third-order valence-corrected chi connectivity index (χ3v) is 5.20. The molecule has 39 heavy (non-hydrogen) atoms. The molecule has 0 N–H and O–H groups in total. The molecular weight excluding hydrogens is 544 g/mol. The smallest absolute Gasteiger partial charge is 0.303 e. The van der Waals surface area contributed by atoms with Crippen molar-refractivity contribution in [1.82, 2.24) is 0 Å². The molecule has 0 radical (unpaired) electrons. The standard InChI is InChI=1S/C25H29ClO13/c1-12(27)34-11-19-22(35-13(2)28)23(36-14(3)29)24(37-15(4)30)25(38-19)39-21-17(32-5)9-16(7-8-20(26)31)10-18(21)33-6/h7-10,19,22-25H,11H2,1-6H3/b8-7+/t19-,22-,23+,24+,25-/m1/s1. The van der Waals surface area contributed by atoms with Gasteiger partial charge in [0.25, 0.3) is 0 Å². The van der Waals surface area contributed by atoms with Crippen molar-refractivity contribution in [2.24, 2.45) is 0 Å². The number of carbonyl (C=O) groups excluding carboxylic acids is 5. The Morgan fingerprint density at radius 2 is 1.33 bits per heavy atom. The van der Waals surface area contributed by atoms with Crippen molar-refractivity contribution < 1.29 is 61.9 Å². The number of halogens is 1. The van der Waals surface area contributed by atoms with Gasteiger partial charge in [-0.1, -0.05) is 0 Å². The predicted octanol–water partition coefficient (Wildman–Crippen LogP) is 1.94. The Morgan fingerprint density at radius 1 is 0.821 bits per heavy atom. The Labute approximate surface area is 229 Å². The van der Waals surface area contributed by atoms with Gasteiger partial charge in [0.1, 0.15) is 12.7 Å². The zero-order chi connectivity index (χ0) is 29.3. The quantitative estimate of drug-likeness (QED) is 0.164. The van der Waals surface area contributed by atoms with Crippen LogP contribution in [0.4, 0.5) is 0 Å². The molecule has 1 aliphatic rings. The van der Waals surface area contributed by atoms with Gasteiger partial charge in [-0.2, -0.15) is 0 Å². The molecule has 5 atom stereocenters. The summed E-state index contributed by atoms with van der Waals surface area (Å²) in [6, 6.07) is 3.00. The number of ether oxygens (including phenoxy) is 8. The minimum atomic E-state index is -1.51. The van der Waals surface area contributed by atoms with Crippen molar-refractivity contribution in [2.45, 2.75) is 58.4 Å². The lowest BCUT2D eigenvalue weighted by Gasteiger charge is -2.44. The summed E-state index contributed by atoms with van der Waals surface area (Å²) in [6.07, 6.45) is -4.43. The van der Waals surface area contributed by atoms with Gasteiger partial charge in [-0.15, -0.1) is 0 Å². The molecule has 1 aliphatic heterocycles. The van der Waals surface area contributed by atoms with E-state index in [1.54, 1.807) is 0 Å². The van der Waals surface area contributed by atoms with Gasteiger partial charge < -0.3 is 37.9 Å². The van der Waals surface area contributed by atoms with Crippen LogP contribution >= 0.6 is 11.6 Å². The molecule has 2 rings (SSSR count). The summed E-state index contributed by atoms with van der Waals surface area (Å²) in [7, 11) is 2.68. The summed E-state index contributed by atoms with van der Waals surface area (Å²) in [5, 5.41) is -0.703. The van der Waals surface area contributed by atoms with Gasteiger partial charge in [-0.25, -0.2) is 0 Å². The lowest BCUT2D eigenvalue weighted by atomic mass is 9.98. The molecule has 14 heteroatoms. The van der Waals surface area contributed by atoms with E-state index in [0.29, 0.717) is 5.56 Å². The van der Waals surface area contributed by atoms with Gasteiger partial charge in [0.05, 0.1) is 14.2 Å². The fourth-order valence-electron chi connectivity index (χ4n) is 3.67. The fourth-order valence-corrected chi connectivity index (χ4v) is 3.74. The van der Waals surface area contributed by atoms with Crippen molar-refractivity contribution in [1.29, 1.82) is 0 Å². The number of hydrogen-bond donors (Lipinski definition) is 0. The monoisotopic (exact) mass is 572 g/mol. The summed E-state index contributed by atoms with van der Waals surface area (Å²) in [6.45, 7) is 4.05. The Hall–Kier alpha value is -3.84. The molecule has 0 aromatic heterocycles. The van der Waals surface area contributed by atoms with Gasteiger partial charge >= 0.3 is 23.9 Å². The molecule has 214 valence electrons. The van der Waals surface area contributed by atoms with Crippen LogP contribution in [0.5, 0.6) is 17.2 Å². The Kier molecular flexibility index (Phi) is 11.5. The van der Waals surface area contributed by atoms with Crippen molar-refractivity contribution >= 4 is 46.8 Å². The molecular formula is C25H29ClO13. The summed E-state index contributed by atoms with van der Waals surface area (Å²) in [5.41, 5.74) is 0.464. The van der Waals surface area contributed by atoms with Gasteiger partial charge in [0.15, 0.2) is 23.7 Å². The number of rotatable bonds is 11. The van der Waals surface area contributed by atoms with E-state index in [1.807, 2.05) is 0 Å². The summed E-state index contributed by atoms with van der Waals surface area (Å²) >= 11 is 5.38. The van der Waals surface area contributed by atoms with Crippen LogP contribution in [0.25, 0.3) is 6.08 Å². The molecule has 1 aromatic carbocycles. The minimum Gasteiger partial charge on any atom is -0.493 e. The lowest BCUT2D eigenvalue weighted by Crippen LogP contribution is -2.63. The van der Waals surface area contributed by atoms with Crippen molar-refractivity contribution in [3.05, 3.63) is 23.8 Å². The van der Waals surface area contributed by atoms with Gasteiger partial charge in [0, 0.05) is 27.7 Å². The molecule has 1 saturated heterocycles. The largest absolute Gasteiger partial charge is 0.493 e. The first-order chi connectivity index (χ1) is 18.4. The van der Waals surface area contributed by atoms with Crippen molar-refractivity contribution in [3.63, 3.8) is 0 Å². The number of esters is 4. The maximum absolute atomic E-state index is 12.0. The van der Waals surface area contributed by atoms with Crippen LogP contribution in [0.2, 0.25) is 0 Å². The zero-order valence-electron chi connectivity index (χ0n) is 22.1. The highest BCUT2D eigenvalue weighted by Gasteiger charge is 2.53. The highest BCUT2D eigenvalue weighted by atomic mass is 35.5. The molecule has 0 spiro atoms. The highest BCUT2D eigenvalue weighted by molar-refractivity contribution is 6.66. The maximum Gasteiger partial charge on any atom is 0.303 e. The van der Waals surface area contributed by atoms with E-state index >= 15 is 0 Å². The normalized spacial score (nSPS) is 22.4. The lowest BCUT2D eigenvalue weighted by molar-refractivity contribution is -0.288. The van der Waals surface area contributed by atoms with Gasteiger partial charge in [0.2, 0.25) is 23.4 Å². The first-order valence-electron chi connectivity index (χ1n) is 11.5. The maximum atomic E-state index is 12.0. The molecule has 1 heterocycles. The number of carbonyl (C=O) groups is 5. The third kappa shape index (κ3) is 9.14. The molecule has 0 bridgehead atoms. The molecule has 1 fully saturated rings. The van der Waals surface area contributed by atoms with Crippen LogP contribution in [0, 0.1) is 0 Å². The number of hydrogen-bond acceptors (Lipinski definition) is 13. The first kappa shape index (κ1) is 31.4. The average Bonchev–Trinajstić information content (AvgIpc) is 2.84. The van der Waals surface area contributed by atoms with Crippen LogP contribution in [-0.2, 0) is 47.7 Å². The molecule has 0 saturated carbocycles. The van der Waals surface area contributed by atoms with Gasteiger partial charge in [-0.05, 0) is 41.4 Å². The van der Waals surface area contributed by atoms with E-state index in [2.05, 4.69) is 0 Å². The van der Waals surface area contributed by atoms with E-state index in [0.717, 1.165) is 33.8 Å². The van der Waals surface area contributed by atoms with E-state index in [4.69, 9.17) is 49.5 Å². The highest BCUT2D eigenvalue weighted by Crippen LogP contribution is 2.41. The predicted molar refractivity (Wildman–Crippen MR) is 132 cm³/mol. The SMILES string of the molecule is COc1cc(/C=C/C(=O)Cl)cc(OC)c1O[C@H]1O[C@H](COC(C)=O)[C@@H](OC(C)=O)[C@H](OC(C)=O)[C@@H]1OC(C)=O. The Balaban J connectivity index is 2.62. The molecule has 0 aliphatic carbocycles. The Bertz CT molecular complexity index is 1090. The second kappa shape index (κ2) is 14.4. The van der Waals surface area contributed by atoms with Crippen molar-refractivity contribution in [3.8, 4) is 17.2 Å². The second-order valence-corrected chi connectivity index (χ2v) is 8.45. The number of allylic oxidation sites excluding steroid dienone is 1. The van der Waals surface area contributed by atoms with Crippen LogP contribution < -0.4 is 14.2 Å². The number of methoxy groups -OCH3 is 2. The zero-order valence-corrected chi connectivity index (χ0v) is 22.8. The minimum absolute atomic E-state index is 0.0183.